The van der Waals surface area contributed by atoms with Crippen LogP contribution in [0, 0.1) is 0 Å². The second-order valence-electron chi connectivity index (χ2n) is 5.72. The number of carbonyl (C=O) groups excluding carboxylic acids is 1. The number of rotatable bonds is 2. The Labute approximate surface area is 120 Å². The Balaban J connectivity index is 1.76. The van der Waals surface area contributed by atoms with E-state index in [1.54, 1.807) is 0 Å². The van der Waals surface area contributed by atoms with Gasteiger partial charge in [0.25, 0.3) is 5.91 Å². The summed E-state index contributed by atoms with van der Waals surface area (Å²) in [4.78, 5) is 14.8. The summed E-state index contributed by atoms with van der Waals surface area (Å²) < 4.78 is 5.89. The number of fused-ring (bicyclic) bond motifs is 1. The number of nitrogens with one attached hydrogen (secondary N) is 1. The van der Waals surface area contributed by atoms with Crippen molar-refractivity contribution in [2.75, 3.05) is 11.9 Å². The zero-order chi connectivity index (χ0) is 14.1. The molecule has 0 spiro atoms. The number of carbonyl (C=O) groups is 1. The summed E-state index contributed by atoms with van der Waals surface area (Å²) >= 11 is 0. The molecule has 108 valence electrons. The first-order valence-electron chi connectivity index (χ1n) is 7.52. The maximum absolute atomic E-state index is 12.8. The second-order valence-corrected chi connectivity index (χ2v) is 5.72. The molecule has 4 heteroatoms. The number of nitrogens with zero attached hydrogens (tertiary/aromatic N) is 1. The van der Waals surface area contributed by atoms with Gasteiger partial charge in [-0.05, 0) is 38.3 Å². The zero-order valence-electron chi connectivity index (χ0n) is 12.1. The lowest BCUT2D eigenvalue weighted by atomic mass is 10.1. The smallest absolute Gasteiger partial charge is 0.266 e. The fourth-order valence-corrected chi connectivity index (χ4v) is 3.29. The Hall–Kier alpha value is -1.71. The maximum atomic E-state index is 12.8. The molecule has 0 bridgehead atoms. The fourth-order valence-electron chi connectivity index (χ4n) is 3.29. The van der Waals surface area contributed by atoms with Crippen molar-refractivity contribution in [1.82, 2.24) is 4.90 Å². The molecule has 0 aromatic heterocycles. The van der Waals surface area contributed by atoms with Crippen molar-refractivity contribution in [3.05, 3.63) is 24.3 Å². The van der Waals surface area contributed by atoms with Crippen LogP contribution in [-0.4, -0.2) is 35.5 Å². The van der Waals surface area contributed by atoms with Crippen LogP contribution in [0.3, 0.4) is 0 Å². The third-order valence-corrected chi connectivity index (χ3v) is 4.42. The summed E-state index contributed by atoms with van der Waals surface area (Å²) in [6.45, 7) is 4.84. The minimum Gasteiger partial charge on any atom is -0.477 e. The van der Waals surface area contributed by atoms with Crippen LogP contribution in [0.4, 0.5) is 5.69 Å². The van der Waals surface area contributed by atoms with Crippen LogP contribution < -0.4 is 10.1 Å². The molecule has 1 saturated heterocycles. The number of benzene rings is 1. The van der Waals surface area contributed by atoms with Gasteiger partial charge in [0, 0.05) is 12.1 Å². The molecule has 3 atom stereocenters. The van der Waals surface area contributed by atoms with E-state index < -0.39 is 6.10 Å². The number of likely N-dealkylation sites (tertiary alicyclic amines) is 1. The summed E-state index contributed by atoms with van der Waals surface area (Å²) in [5, 5.41) is 3.29. The third kappa shape index (κ3) is 2.23. The van der Waals surface area contributed by atoms with E-state index in [-0.39, 0.29) is 5.91 Å². The first-order chi connectivity index (χ1) is 9.70. The van der Waals surface area contributed by atoms with Crippen LogP contribution in [-0.2, 0) is 4.79 Å². The van der Waals surface area contributed by atoms with Crippen molar-refractivity contribution in [2.24, 2.45) is 0 Å². The average Bonchev–Trinajstić information content (AvgIpc) is 2.87. The van der Waals surface area contributed by atoms with Gasteiger partial charge in [-0.25, -0.2) is 0 Å². The first-order valence-corrected chi connectivity index (χ1v) is 7.52. The van der Waals surface area contributed by atoms with Crippen LogP contribution in [0.15, 0.2) is 24.3 Å². The summed E-state index contributed by atoms with van der Waals surface area (Å²) in [5.41, 5.74) is 0.970. The highest BCUT2D eigenvalue weighted by Gasteiger charge is 2.38. The Morgan fingerprint density at radius 3 is 3.00 bits per heavy atom. The molecule has 2 aliphatic rings. The van der Waals surface area contributed by atoms with Crippen LogP contribution >= 0.6 is 0 Å². The molecular weight excluding hydrogens is 252 g/mol. The van der Waals surface area contributed by atoms with Gasteiger partial charge in [-0.2, -0.15) is 0 Å². The Morgan fingerprint density at radius 2 is 2.20 bits per heavy atom. The van der Waals surface area contributed by atoms with Gasteiger partial charge in [0.1, 0.15) is 5.75 Å². The Bertz CT molecular complexity index is 503. The molecule has 20 heavy (non-hydrogen) atoms. The average molecular weight is 274 g/mol. The fraction of sp³-hybridized carbons (Fsp3) is 0.562. The number of ether oxygens (including phenoxy) is 1. The topological polar surface area (TPSA) is 41.6 Å². The van der Waals surface area contributed by atoms with Crippen molar-refractivity contribution < 1.29 is 9.53 Å². The highest BCUT2D eigenvalue weighted by molar-refractivity contribution is 5.84. The maximum Gasteiger partial charge on any atom is 0.266 e. The minimum atomic E-state index is -0.403. The summed E-state index contributed by atoms with van der Waals surface area (Å²) in [6, 6.07) is 8.48. The molecule has 2 aliphatic heterocycles. The minimum absolute atomic E-state index is 0.129. The SMILES string of the molecule is CCC1CCC(C)N1C(=O)C1CNc2ccccc2O1. The molecule has 1 N–H and O–H groups in total. The molecule has 1 fully saturated rings. The molecule has 0 saturated carbocycles. The summed E-state index contributed by atoms with van der Waals surface area (Å²) in [6.07, 6.45) is 2.83. The van der Waals surface area contributed by atoms with Crippen molar-refractivity contribution >= 4 is 11.6 Å². The van der Waals surface area contributed by atoms with E-state index in [1.165, 1.54) is 0 Å². The lowest BCUT2D eigenvalue weighted by molar-refractivity contribution is -0.141. The zero-order valence-corrected chi connectivity index (χ0v) is 12.1. The molecule has 4 nitrogen and oxygen atoms in total. The van der Waals surface area contributed by atoms with Crippen LogP contribution in [0.25, 0.3) is 0 Å². The molecule has 3 unspecified atom stereocenters. The van der Waals surface area contributed by atoms with E-state index >= 15 is 0 Å². The highest BCUT2D eigenvalue weighted by atomic mass is 16.5. The van der Waals surface area contributed by atoms with Crippen molar-refractivity contribution in [1.29, 1.82) is 0 Å². The van der Waals surface area contributed by atoms with Crippen LogP contribution in [0.5, 0.6) is 5.75 Å². The number of para-hydroxylation sites is 2. The molecule has 1 aromatic carbocycles. The van der Waals surface area contributed by atoms with E-state index in [0.29, 0.717) is 18.6 Å². The standard InChI is InChI=1S/C16H22N2O2/c1-3-12-9-8-11(2)18(12)16(19)15-10-17-13-6-4-5-7-14(13)20-15/h4-7,11-12,15,17H,3,8-10H2,1-2H3. The monoisotopic (exact) mass is 274 g/mol. The quantitative estimate of drug-likeness (QED) is 0.901. The van der Waals surface area contributed by atoms with E-state index in [2.05, 4.69) is 19.2 Å². The number of hydrogen-bond donors (Lipinski definition) is 1. The Morgan fingerprint density at radius 1 is 1.40 bits per heavy atom. The molecular formula is C16H22N2O2. The predicted molar refractivity (Wildman–Crippen MR) is 79.0 cm³/mol. The number of anilines is 1. The normalized spacial score (nSPS) is 28.5. The second kappa shape index (κ2) is 5.35. The third-order valence-electron chi connectivity index (χ3n) is 4.42. The van der Waals surface area contributed by atoms with E-state index in [0.717, 1.165) is 30.7 Å². The van der Waals surface area contributed by atoms with E-state index in [1.807, 2.05) is 29.2 Å². The largest absolute Gasteiger partial charge is 0.477 e. The van der Waals surface area contributed by atoms with Crippen LogP contribution in [0.1, 0.15) is 33.1 Å². The number of hydrogen-bond acceptors (Lipinski definition) is 3. The lowest BCUT2D eigenvalue weighted by Crippen LogP contribution is -2.50. The molecule has 0 radical (unpaired) electrons. The van der Waals surface area contributed by atoms with Gasteiger partial charge in [0.05, 0.1) is 12.2 Å². The van der Waals surface area contributed by atoms with Gasteiger partial charge in [-0.3, -0.25) is 4.79 Å². The van der Waals surface area contributed by atoms with Gasteiger partial charge in [-0.1, -0.05) is 19.1 Å². The summed E-state index contributed by atoms with van der Waals surface area (Å²) in [7, 11) is 0. The molecule has 1 aromatic rings. The molecule has 0 aliphatic carbocycles. The molecule has 3 rings (SSSR count). The van der Waals surface area contributed by atoms with Gasteiger partial charge >= 0.3 is 0 Å². The van der Waals surface area contributed by atoms with Gasteiger partial charge < -0.3 is 15.0 Å². The highest BCUT2D eigenvalue weighted by Crippen LogP contribution is 2.31. The van der Waals surface area contributed by atoms with Crippen molar-refractivity contribution in [2.45, 2.75) is 51.3 Å². The Kier molecular flexibility index (Phi) is 3.55. The molecule has 2 heterocycles. The van der Waals surface area contributed by atoms with E-state index in [4.69, 9.17) is 4.74 Å². The van der Waals surface area contributed by atoms with Gasteiger partial charge in [0.15, 0.2) is 6.10 Å². The van der Waals surface area contributed by atoms with E-state index in [9.17, 15) is 4.79 Å². The number of amides is 1. The van der Waals surface area contributed by atoms with Crippen molar-refractivity contribution in [3.63, 3.8) is 0 Å². The summed E-state index contributed by atoms with van der Waals surface area (Å²) in [5.74, 6) is 0.904. The lowest BCUT2D eigenvalue weighted by Gasteiger charge is -2.34. The van der Waals surface area contributed by atoms with Crippen molar-refractivity contribution in [3.8, 4) is 5.75 Å². The predicted octanol–water partition coefficient (Wildman–Crippen LogP) is 2.65. The van der Waals surface area contributed by atoms with Crippen LogP contribution in [0.2, 0.25) is 0 Å². The van der Waals surface area contributed by atoms with Gasteiger partial charge in [0.2, 0.25) is 0 Å². The molecule has 1 amide bonds. The van der Waals surface area contributed by atoms with Gasteiger partial charge in [-0.15, -0.1) is 0 Å². The first kappa shape index (κ1) is 13.3.